The first-order chi connectivity index (χ1) is 17.0. The van der Waals surface area contributed by atoms with Gasteiger partial charge in [-0.15, -0.1) is 0 Å². The van der Waals surface area contributed by atoms with E-state index in [1.165, 1.54) is 5.56 Å². The van der Waals surface area contributed by atoms with Crippen LogP contribution in [0.3, 0.4) is 0 Å². The Kier molecular flexibility index (Phi) is 8.26. The number of ether oxygens (including phenoxy) is 2. The summed E-state index contributed by atoms with van der Waals surface area (Å²) in [6.07, 6.45) is 6.71. The third-order valence-corrected chi connectivity index (χ3v) is 7.89. The van der Waals surface area contributed by atoms with Crippen molar-refractivity contribution in [2.75, 3.05) is 40.0 Å². The minimum atomic E-state index is -1.06. The van der Waals surface area contributed by atoms with Crippen LogP contribution in [0.4, 0.5) is 0 Å². The van der Waals surface area contributed by atoms with E-state index in [0.717, 1.165) is 31.4 Å². The Morgan fingerprint density at radius 2 is 1.89 bits per heavy atom. The number of amides is 2. The third kappa shape index (κ3) is 5.01. The summed E-state index contributed by atoms with van der Waals surface area (Å²) < 4.78 is 10.7. The Morgan fingerprint density at radius 1 is 1.14 bits per heavy atom. The molecule has 190 valence electrons. The van der Waals surface area contributed by atoms with Crippen molar-refractivity contribution in [1.29, 1.82) is 0 Å². The highest BCUT2D eigenvalue weighted by atomic mass is 16.5. The molecule has 4 rings (SSSR count). The van der Waals surface area contributed by atoms with Crippen LogP contribution in [0.2, 0.25) is 0 Å². The molecular formula is C28H38N2O5. The van der Waals surface area contributed by atoms with E-state index in [1.807, 2.05) is 17.0 Å². The van der Waals surface area contributed by atoms with Gasteiger partial charge in [-0.3, -0.25) is 14.4 Å². The van der Waals surface area contributed by atoms with Crippen molar-refractivity contribution >= 4 is 17.8 Å². The molecule has 1 aliphatic carbocycles. The molecule has 2 fully saturated rings. The van der Waals surface area contributed by atoms with E-state index >= 15 is 0 Å². The second-order valence-corrected chi connectivity index (χ2v) is 9.83. The van der Waals surface area contributed by atoms with E-state index in [9.17, 15) is 14.4 Å². The molecule has 35 heavy (non-hydrogen) atoms. The van der Waals surface area contributed by atoms with Crippen LogP contribution >= 0.6 is 0 Å². The van der Waals surface area contributed by atoms with Gasteiger partial charge in [-0.2, -0.15) is 0 Å². The maximum Gasteiger partial charge on any atom is 0.318 e. The summed E-state index contributed by atoms with van der Waals surface area (Å²) in [5.41, 5.74) is 0.996. The largest absolute Gasteiger partial charge is 0.465 e. The molecule has 0 aromatic heterocycles. The molecule has 0 N–H and O–H groups in total. The number of piperidine rings is 1. The van der Waals surface area contributed by atoms with E-state index in [0.29, 0.717) is 45.0 Å². The molecular weight excluding hydrogens is 444 g/mol. The third-order valence-electron chi connectivity index (χ3n) is 7.89. The molecule has 3 aliphatic rings. The van der Waals surface area contributed by atoms with Crippen LogP contribution in [-0.2, 0) is 23.9 Å². The van der Waals surface area contributed by atoms with Gasteiger partial charge < -0.3 is 19.3 Å². The first kappa shape index (κ1) is 25.4. The lowest BCUT2D eigenvalue weighted by Crippen LogP contribution is -2.45. The van der Waals surface area contributed by atoms with Crippen molar-refractivity contribution in [2.24, 2.45) is 11.3 Å². The molecule has 2 saturated heterocycles. The van der Waals surface area contributed by atoms with Crippen molar-refractivity contribution in [1.82, 2.24) is 9.80 Å². The van der Waals surface area contributed by atoms with Crippen LogP contribution in [0.5, 0.6) is 0 Å². The number of nitrogens with zero attached hydrogens (tertiary/aromatic N) is 2. The van der Waals surface area contributed by atoms with Gasteiger partial charge in [-0.1, -0.05) is 36.4 Å². The smallest absolute Gasteiger partial charge is 0.318 e. The highest BCUT2D eigenvalue weighted by Gasteiger charge is 2.62. The summed E-state index contributed by atoms with van der Waals surface area (Å²) >= 11 is 0. The molecule has 0 unspecified atom stereocenters. The lowest BCUT2D eigenvalue weighted by molar-refractivity contribution is -0.158. The summed E-state index contributed by atoms with van der Waals surface area (Å²) in [7, 11) is 1.64. The Balaban J connectivity index is 1.51. The molecule has 1 aromatic carbocycles. The number of benzene rings is 1. The lowest BCUT2D eigenvalue weighted by Gasteiger charge is -2.37. The Labute approximate surface area is 208 Å². The average molecular weight is 483 g/mol. The quantitative estimate of drug-likeness (QED) is 0.394. The molecule has 2 aliphatic heterocycles. The normalized spacial score (nSPS) is 24.8. The molecule has 7 nitrogen and oxygen atoms in total. The van der Waals surface area contributed by atoms with Crippen LogP contribution in [0.25, 0.3) is 0 Å². The second-order valence-electron chi connectivity index (χ2n) is 9.83. The van der Waals surface area contributed by atoms with Crippen LogP contribution in [-0.4, -0.2) is 67.5 Å². The van der Waals surface area contributed by atoms with E-state index in [-0.39, 0.29) is 30.8 Å². The zero-order valence-electron chi connectivity index (χ0n) is 21.0. The number of methoxy groups -OCH3 is 1. The Morgan fingerprint density at radius 3 is 2.57 bits per heavy atom. The van der Waals surface area contributed by atoms with Crippen molar-refractivity contribution < 1.29 is 23.9 Å². The van der Waals surface area contributed by atoms with Crippen LogP contribution in [0.1, 0.15) is 63.4 Å². The molecule has 0 bridgehead atoms. The zero-order valence-corrected chi connectivity index (χ0v) is 21.0. The Hall–Kier alpha value is -2.67. The van der Waals surface area contributed by atoms with Crippen LogP contribution in [0, 0.1) is 11.3 Å². The van der Waals surface area contributed by atoms with E-state index in [1.54, 1.807) is 18.9 Å². The molecule has 1 aromatic rings. The molecule has 0 radical (unpaired) electrons. The molecule has 2 heterocycles. The zero-order chi connectivity index (χ0) is 24.8. The van der Waals surface area contributed by atoms with Gasteiger partial charge in [-0.05, 0) is 56.9 Å². The fraction of sp³-hybridized carbons (Fsp3) is 0.607. The van der Waals surface area contributed by atoms with Crippen molar-refractivity contribution in [3.8, 4) is 0 Å². The van der Waals surface area contributed by atoms with Crippen LogP contribution in [0.15, 0.2) is 42.1 Å². The maximum atomic E-state index is 13.7. The average Bonchev–Trinajstić information content (AvgIpc) is 3.13. The molecule has 0 spiro atoms. The number of likely N-dealkylation sites (tertiary alicyclic amines) is 2. The number of allylic oxidation sites excluding steroid dienone is 1. The van der Waals surface area contributed by atoms with E-state index in [2.05, 4.69) is 24.3 Å². The fourth-order valence-corrected chi connectivity index (χ4v) is 6.11. The fourth-order valence-electron chi connectivity index (χ4n) is 6.11. The number of hydrogen-bond acceptors (Lipinski definition) is 5. The number of rotatable bonds is 9. The minimum absolute atomic E-state index is 0.0396. The van der Waals surface area contributed by atoms with Gasteiger partial charge >= 0.3 is 5.97 Å². The van der Waals surface area contributed by atoms with Crippen molar-refractivity contribution in [3.63, 3.8) is 0 Å². The van der Waals surface area contributed by atoms with Gasteiger partial charge in [0.15, 0.2) is 0 Å². The maximum absolute atomic E-state index is 13.7. The van der Waals surface area contributed by atoms with Crippen molar-refractivity contribution in [3.05, 3.63) is 47.7 Å². The van der Waals surface area contributed by atoms with E-state index < -0.39 is 11.3 Å². The summed E-state index contributed by atoms with van der Waals surface area (Å²) in [4.78, 5) is 44.2. The SMILES string of the molecule is CCOC(=O)[C@]12CCCC=C1N(CCCOC)C(=O)[C@@H]2CC(=O)N1CCC(c2ccccc2)CC1. The monoisotopic (exact) mass is 482 g/mol. The Bertz CT molecular complexity index is 938. The lowest BCUT2D eigenvalue weighted by atomic mass is 9.68. The molecule has 7 heteroatoms. The summed E-state index contributed by atoms with van der Waals surface area (Å²) in [5, 5.41) is 0. The number of fused-ring (bicyclic) bond motifs is 1. The summed E-state index contributed by atoms with van der Waals surface area (Å²) in [5.74, 6) is -0.801. The highest BCUT2D eigenvalue weighted by Crippen LogP contribution is 2.54. The van der Waals surface area contributed by atoms with Gasteiger partial charge in [0, 0.05) is 45.5 Å². The predicted octanol–water partition coefficient (Wildman–Crippen LogP) is 3.89. The van der Waals surface area contributed by atoms with E-state index in [4.69, 9.17) is 9.47 Å². The number of carbonyl (C=O) groups excluding carboxylic acids is 3. The molecule has 2 amide bonds. The number of esters is 1. The summed E-state index contributed by atoms with van der Waals surface area (Å²) in [6.45, 7) is 4.39. The highest BCUT2D eigenvalue weighted by molar-refractivity contribution is 5.99. The molecule has 2 atom stereocenters. The molecule has 0 saturated carbocycles. The number of carbonyl (C=O) groups is 3. The summed E-state index contributed by atoms with van der Waals surface area (Å²) in [6, 6.07) is 10.4. The number of hydrogen-bond donors (Lipinski definition) is 0. The first-order valence-corrected chi connectivity index (χ1v) is 13.0. The van der Waals surface area contributed by atoms with Crippen molar-refractivity contribution in [2.45, 2.75) is 57.8 Å². The second kappa shape index (κ2) is 11.4. The minimum Gasteiger partial charge on any atom is -0.465 e. The van der Waals surface area contributed by atoms with Gasteiger partial charge in [0.2, 0.25) is 11.8 Å². The van der Waals surface area contributed by atoms with Gasteiger partial charge in [0.25, 0.3) is 0 Å². The first-order valence-electron chi connectivity index (χ1n) is 13.0. The van der Waals surface area contributed by atoms with Gasteiger partial charge in [0.1, 0.15) is 5.41 Å². The van der Waals surface area contributed by atoms with Crippen LogP contribution < -0.4 is 0 Å². The standard InChI is InChI=1S/C28H38N2O5/c1-3-35-27(33)28-15-8-7-12-24(28)30(16-9-19-34-2)26(32)23(28)20-25(31)29-17-13-22(14-18-29)21-10-5-4-6-11-21/h4-6,10-12,22-23H,3,7-9,13-20H2,1-2H3/t23-,28-/m0/s1. The van der Waals surface area contributed by atoms with Gasteiger partial charge in [-0.25, -0.2) is 0 Å². The topological polar surface area (TPSA) is 76.1 Å². The van der Waals surface area contributed by atoms with Gasteiger partial charge in [0.05, 0.1) is 12.5 Å². The predicted molar refractivity (Wildman–Crippen MR) is 132 cm³/mol.